The van der Waals surface area contributed by atoms with Crippen LogP contribution in [0, 0.1) is 0 Å². The van der Waals surface area contributed by atoms with Gasteiger partial charge in [-0.25, -0.2) is 4.79 Å². The highest BCUT2D eigenvalue weighted by molar-refractivity contribution is 7.99. The van der Waals surface area contributed by atoms with Crippen molar-refractivity contribution >= 4 is 23.5 Å². The van der Waals surface area contributed by atoms with Crippen LogP contribution in [0.1, 0.15) is 12.8 Å². The number of hydrogen-bond acceptors (Lipinski definition) is 3. The van der Waals surface area contributed by atoms with Crippen molar-refractivity contribution in [3.63, 3.8) is 0 Å². The Morgan fingerprint density at radius 2 is 2.30 bits per heavy atom. The summed E-state index contributed by atoms with van der Waals surface area (Å²) in [5.41, 5.74) is 0.473. The number of thioether (sulfide) groups is 1. The molecule has 1 aliphatic heterocycles. The second-order valence-electron chi connectivity index (χ2n) is 4.58. The average molecular weight is 302 g/mol. The molecule has 20 heavy (non-hydrogen) atoms. The maximum atomic E-state index is 12.3. The van der Waals surface area contributed by atoms with Crippen LogP contribution in [0.15, 0.2) is 29.2 Å². The second-order valence-corrected chi connectivity index (χ2v) is 5.64. The van der Waals surface area contributed by atoms with Crippen molar-refractivity contribution in [1.29, 1.82) is 0 Å². The molecule has 1 atom stereocenters. The molecule has 0 spiro atoms. The van der Waals surface area contributed by atoms with Crippen LogP contribution in [0.25, 0.3) is 0 Å². The van der Waals surface area contributed by atoms with Crippen molar-refractivity contribution < 1.29 is 18.7 Å². The van der Waals surface area contributed by atoms with Gasteiger partial charge in [-0.1, -0.05) is 17.8 Å². The Morgan fingerprint density at radius 3 is 3.00 bits per heavy atom. The molecule has 0 bridgehead atoms. The number of hydrogen-bond donors (Lipinski definition) is 2. The van der Waals surface area contributed by atoms with E-state index >= 15 is 0 Å². The first-order valence-electron chi connectivity index (χ1n) is 6.33. The van der Waals surface area contributed by atoms with E-state index in [0.29, 0.717) is 41.9 Å². The van der Waals surface area contributed by atoms with Crippen molar-refractivity contribution in [2.45, 2.75) is 29.6 Å². The second kappa shape index (κ2) is 6.90. The molecule has 1 aromatic carbocycles. The molecule has 1 saturated heterocycles. The molecule has 0 aliphatic carbocycles. The minimum atomic E-state index is -2.49. The van der Waals surface area contributed by atoms with Crippen molar-refractivity contribution in [3.05, 3.63) is 24.3 Å². The Hall–Kier alpha value is -1.34. The van der Waals surface area contributed by atoms with E-state index in [1.165, 1.54) is 11.0 Å². The number of carbonyl (C=O) groups excluding carboxylic acids is 1. The predicted octanol–water partition coefficient (Wildman–Crippen LogP) is 2.99. The molecule has 0 aromatic heterocycles. The molecule has 2 rings (SSSR count). The number of nitrogens with one attached hydrogen (secondary N) is 1. The van der Waals surface area contributed by atoms with E-state index in [0.717, 1.165) is 6.42 Å². The van der Waals surface area contributed by atoms with Crippen molar-refractivity contribution in [2.24, 2.45) is 0 Å². The normalized spacial score (nSPS) is 19.2. The highest BCUT2D eigenvalue weighted by Gasteiger charge is 2.22. The van der Waals surface area contributed by atoms with E-state index < -0.39 is 11.9 Å². The zero-order chi connectivity index (χ0) is 14.5. The van der Waals surface area contributed by atoms with E-state index in [2.05, 4.69) is 5.32 Å². The van der Waals surface area contributed by atoms with Crippen LogP contribution < -0.4 is 5.32 Å². The highest BCUT2D eigenvalue weighted by Crippen LogP contribution is 2.27. The smallest absolute Gasteiger partial charge is 0.321 e. The van der Waals surface area contributed by atoms with Gasteiger partial charge in [-0.05, 0) is 31.0 Å². The number of nitrogens with zero attached hydrogens (tertiary/aromatic N) is 1. The third-order valence-corrected chi connectivity index (χ3v) is 3.70. The Bertz CT molecular complexity index is 473. The maximum absolute atomic E-state index is 12.3. The van der Waals surface area contributed by atoms with Crippen LogP contribution in [0.5, 0.6) is 0 Å². The Balaban J connectivity index is 1.96. The standard InChI is InChI=1S/C13H16F2N2O2S/c14-12(15)20-11-5-1-3-9(7-11)16-13(19)17-6-2-4-10(18)8-17/h1,3,5,7,10,12,18H,2,4,6,8H2,(H,16,19). The summed E-state index contributed by atoms with van der Waals surface area (Å²) in [7, 11) is 0. The van der Waals surface area contributed by atoms with E-state index in [4.69, 9.17) is 0 Å². The number of halogens is 2. The number of benzene rings is 1. The van der Waals surface area contributed by atoms with Crippen LogP contribution in [-0.2, 0) is 0 Å². The SMILES string of the molecule is O=C(Nc1cccc(SC(F)F)c1)N1CCCC(O)C1. The van der Waals surface area contributed by atoms with Gasteiger partial charge in [0.15, 0.2) is 0 Å². The molecule has 1 aliphatic rings. The van der Waals surface area contributed by atoms with Crippen LogP contribution in [0.3, 0.4) is 0 Å². The fourth-order valence-electron chi connectivity index (χ4n) is 2.09. The zero-order valence-electron chi connectivity index (χ0n) is 10.8. The van der Waals surface area contributed by atoms with Gasteiger partial charge in [0.05, 0.1) is 6.10 Å². The van der Waals surface area contributed by atoms with Crippen molar-refractivity contribution in [2.75, 3.05) is 18.4 Å². The number of alkyl halides is 2. The Labute approximate surface area is 120 Å². The number of aliphatic hydroxyl groups excluding tert-OH is 1. The number of carbonyl (C=O) groups is 1. The van der Waals surface area contributed by atoms with Crippen LogP contribution in [-0.4, -0.2) is 41.0 Å². The Kier molecular flexibility index (Phi) is 5.19. The van der Waals surface area contributed by atoms with Crippen LogP contribution in [0.4, 0.5) is 19.3 Å². The molecule has 110 valence electrons. The van der Waals surface area contributed by atoms with E-state index in [-0.39, 0.29) is 6.03 Å². The summed E-state index contributed by atoms with van der Waals surface area (Å²) in [6.07, 6.45) is 0.968. The lowest BCUT2D eigenvalue weighted by Gasteiger charge is -2.30. The molecule has 1 heterocycles. The van der Waals surface area contributed by atoms with E-state index in [9.17, 15) is 18.7 Å². The molecule has 0 radical (unpaired) electrons. The molecular formula is C13H16F2N2O2S. The molecule has 4 nitrogen and oxygen atoms in total. The van der Waals surface area contributed by atoms with Crippen molar-refractivity contribution in [1.82, 2.24) is 4.90 Å². The van der Waals surface area contributed by atoms with Gasteiger partial charge >= 0.3 is 6.03 Å². The molecule has 2 N–H and O–H groups in total. The van der Waals surface area contributed by atoms with E-state index in [1.54, 1.807) is 18.2 Å². The lowest BCUT2D eigenvalue weighted by atomic mass is 10.1. The summed E-state index contributed by atoms with van der Waals surface area (Å²) in [6.45, 7) is 0.895. The molecule has 1 unspecified atom stereocenters. The summed E-state index contributed by atoms with van der Waals surface area (Å²) in [6, 6.07) is 6.02. The third-order valence-electron chi connectivity index (χ3n) is 2.99. The minimum Gasteiger partial charge on any atom is -0.391 e. The first kappa shape index (κ1) is 15.1. The summed E-state index contributed by atoms with van der Waals surface area (Å²) in [5, 5.41) is 12.2. The number of piperidine rings is 1. The average Bonchev–Trinajstić information content (AvgIpc) is 2.38. The molecular weight excluding hydrogens is 286 g/mol. The number of likely N-dealkylation sites (tertiary alicyclic amines) is 1. The van der Waals surface area contributed by atoms with Gasteiger partial charge in [0, 0.05) is 23.7 Å². The lowest BCUT2D eigenvalue weighted by molar-refractivity contribution is 0.0883. The fourth-order valence-corrected chi connectivity index (χ4v) is 2.65. The molecule has 1 aromatic rings. The molecule has 2 amide bonds. The largest absolute Gasteiger partial charge is 0.391 e. The Morgan fingerprint density at radius 1 is 1.50 bits per heavy atom. The van der Waals surface area contributed by atoms with Gasteiger partial charge in [-0.15, -0.1) is 0 Å². The fraction of sp³-hybridized carbons (Fsp3) is 0.462. The van der Waals surface area contributed by atoms with Gasteiger partial charge in [-0.3, -0.25) is 0 Å². The summed E-state index contributed by atoms with van der Waals surface area (Å²) in [4.78, 5) is 13.9. The van der Waals surface area contributed by atoms with Crippen LogP contribution >= 0.6 is 11.8 Å². The topological polar surface area (TPSA) is 52.6 Å². The molecule has 7 heteroatoms. The first-order chi connectivity index (χ1) is 9.54. The summed E-state index contributed by atoms with van der Waals surface area (Å²) < 4.78 is 24.6. The quantitative estimate of drug-likeness (QED) is 0.844. The summed E-state index contributed by atoms with van der Waals surface area (Å²) >= 11 is 0.437. The number of anilines is 1. The third kappa shape index (κ3) is 4.35. The predicted molar refractivity (Wildman–Crippen MR) is 74.1 cm³/mol. The molecule has 1 fully saturated rings. The zero-order valence-corrected chi connectivity index (χ0v) is 11.6. The summed E-state index contributed by atoms with van der Waals surface area (Å²) in [5.74, 6) is -2.49. The maximum Gasteiger partial charge on any atom is 0.321 e. The van der Waals surface area contributed by atoms with Crippen LogP contribution in [0.2, 0.25) is 0 Å². The lowest BCUT2D eigenvalue weighted by Crippen LogP contribution is -2.44. The minimum absolute atomic E-state index is 0.303. The monoisotopic (exact) mass is 302 g/mol. The van der Waals surface area contributed by atoms with Gasteiger partial charge in [0.2, 0.25) is 0 Å². The first-order valence-corrected chi connectivity index (χ1v) is 7.21. The van der Waals surface area contributed by atoms with E-state index in [1.807, 2.05) is 0 Å². The van der Waals surface area contributed by atoms with Gasteiger partial charge < -0.3 is 15.3 Å². The van der Waals surface area contributed by atoms with Gasteiger partial charge in [-0.2, -0.15) is 8.78 Å². The number of aliphatic hydroxyl groups is 1. The number of urea groups is 1. The van der Waals surface area contributed by atoms with Crippen molar-refractivity contribution in [3.8, 4) is 0 Å². The number of rotatable bonds is 3. The number of β-amino-alcohol motifs (C(OH)–C–C–N with tert-alkyl or cyclic N) is 1. The van der Waals surface area contributed by atoms with Gasteiger partial charge in [0.25, 0.3) is 5.76 Å². The highest BCUT2D eigenvalue weighted by atomic mass is 32.2. The number of amides is 2. The molecule has 0 saturated carbocycles. The van der Waals surface area contributed by atoms with Gasteiger partial charge in [0.1, 0.15) is 0 Å².